The van der Waals surface area contributed by atoms with E-state index in [0.717, 1.165) is 24.7 Å². The van der Waals surface area contributed by atoms with E-state index in [4.69, 9.17) is 0 Å². The Morgan fingerprint density at radius 1 is 1.00 bits per heavy atom. The summed E-state index contributed by atoms with van der Waals surface area (Å²) in [6.45, 7) is 11.5. The minimum Gasteiger partial charge on any atom is -0.341 e. The predicted octanol–water partition coefficient (Wildman–Crippen LogP) is 3.40. The molecule has 25 heavy (non-hydrogen) atoms. The number of rotatable bonds is 8. The van der Waals surface area contributed by atoms with Crippen LogP contribution in [0.5, 0.6) is 0 Å². The second kappa shape index (κ2) is 8.70. The lowest BCUT2D eigenvalue weighted by Gasteiger charge is -2.28. The Balaban J connectivity index is 3.08. The van der Waals surface area contributed by atoms with Crippen LogP contribution < -0.4 is 4.31 Å². The first-order valence-corrected chi connectivity index (χ1v) is 10.7. The molecular weight excluding hydrogens is 336 g/mol. The molecule has 0 heterocycles. The van der Waals surface area contributed by atoms with Gasteiger partial charge in [0, 0.05) is 13.1 Å². The Morgan fingerprint density at radius 2 is 1.48 bits per heavy atom. The number of nitrogens with zero attached hydrogens (tertiary/aromatic N) is 2. The van der Waals surface area contributed by atoms with Crippen molar-refractivity contribution in [2.75, 3.05) is 30.2 Å². The summed E-state index contributed by atoms with van der Waals surface area (Å²) in [5.74, 6) is -0.158. The van der Waals surface area contributed by atoms with Crippen molar-refractivity contribution in [1.82, 2.24) is 4.90 Å². The summed E-state index contributed by atoms with van der Waals surface area (Å²) in [6, 6.07) is 7.40. The maximum Gasteiger partial charge on any atom is 0.243 e. The standard InChI is InChI=1S/C19H32N2O3S/c1-7-13-20(14-8-2)18(22)15-21(25(6,23)24)17-11-9-16(10-12-17)19(3,4)5/h9-12H,7-8,13-15H2,1-6H3. The molecule has 6 heteroatoms. The van der Waals surface area contributed by atoms with Crippen molar-refractivity contribution >= 4 is 21.6 Å². The van der Waals surface area contributed by atoms with Crippen molar-refractivity contribution in [2.45, 2.75) is 52.9 Å². The zero-order chi connectivity index (χ0) is 19.3. The number of benzene rings is 1. The van der Waals surface area contributed by atoms with Crippen LogP contribution in [0, 0.1) is 0 Å². The van der Waals surface area contributed by atoms with Crippen molar-refractivity contribution in [3.8, 4) is 0 Å². The molecule has 0 radical (unpaired) electrons. The molecule has 5 nitrogen and oxygen atoms in total. The average Bonchev–Trinajstić information content (AvgIpc) is 2.50. The maximum absolute atomic E-state index is 12.6. The van der Waals surface area contributed by atoms with E-state index in [1.807, 2.05) is 26.0 Å². The molecule has 0 fully saturated rings. The van der Waals surface area contributed by atoms with Gasteiger partial charge in [0.2, 0.25) is 15.9 Å². The lowest BCUT2D eigenvalue weighted by molar-refractivity contribution is -0.129. The number of carbonyl (C=O) groups is 1. The zero-order valence-electron chi connectivity index (χ0n) is 16.4. The lowest BCUT2D eigenvalue weighted by atomic mass is 9.87. The van der Waals surface area contributed by atoms with E-state index < -0.39 is 10.0 Å². The van der Waals surface area contributed by atoms with Gasteiger partial charge in [0.25, 0.3) is 0 Å². The molecule has 1 amide bonds. The summed E-state index contributed by atoms with van der Waals surface area (Å²) < 4.78 is 25.7. The van der Waals surface area contributed by atoms with Crippen LogP contribution in [0.4, 0.5) is 5.69 Å². The molecule has 0 aliphatic rings. The van der Waals surface area contributed by atoms with E-state index in [2.05, 4.69) is 20.8 Å². The highest BCUT2D eigenvalue weighted by molar-refractivity contribution is 7.92. The van der Waals surface area contributed by atoms with Crippen LogP contribution in [0.25, 0.3) is 0 Å². The van der Waals surface area contributed by atoms with Gasteiger partial charge in [0.1, 0.15) is 6.54 Å². The molecule has 1 aromatic carbocycles. The van der Waals surface area contributed by atoms with Crippen LogP contribution in [-0.4, -0.2) is 45.1 Å². The summed E-state index contributed by atoms with van der Waals surface area (Å²) in [4.78, 5) is 14.3. The summed E-state index contributed by atoms with van der Waals surface area (Å²) in [5.41, 5.74) is 1.63. The Bertz CT molecular complexity index is 655. The molecule has 0 aliphatic heterocycles. The first-order valence-electron chi connectivity index (χ1n) is 8.86. The number of amides is 1. The third-order valence-electron chi connectivity index (χ3n) is 4.04. The van der Waals surface area contributed by atoms with Crippen LogP contribution in [0.3, 0.4) is 0 Å². The molecule has 0 aliphatic carbocycles. The molecule has 0 saturated heterocycles. The number of sulfonamides is 1. The highest BCUT2D eigenvalue weighted by Crippen LogP contribution is 2.26. The Morgan fingerprint density at radius 3 is 1.84 bits per heavy atom. The molecule has 1 rings (SSSR count). The van der Waals surface area contributed by atoms with Gasteiger partial charge < -0.3 is 4.90 Å². The third kappa shape index (κ3) is 6.34. The fourth-order valence-corrected chi connectivity index (χ4v) is 3.50. The van der Waals surface area contributed by atoms with E-state index in [-0.39, 0.29) is 17.9 Å². The SMILES string of the molecule is CCCN(CCC)C(=O)CN(c1ccc(C(C)(C)C)cc1)S(C)(=O)=O. The first-order chi connectivity index (χ1) is 11.5. The van der Waals surface area contributed by atoms with E-state index in [1.54, 1.807) is 17.0 Å². The Hall–Kier alpha value is -1.56. The Kier molecular flexibility index (Phi) is 7.47. The molecule has 0 N–H and O–H groups in total. The molecule has 0 aromatic heterocycles. The Labute approximate surface area is 153 Å². The van der Waals surface area contributed by atoms with Crippen molar-refractivity contribution in [3.63, 3.8) is 0 Å². The second-order valence-corrected chi connectivity index (χ2v) is 9.35. The molecule has 0 unspecified atom stereocenters. The number of anilines is 1. The number of hydrogen-bond acceptors (Lipinski definition) is 3. The van der Waals surface area contributed by atoms with Crippen LogP contribution in [0.2, 0.25) is 0 Å². The van der Waals surface area contributed by atoms with Crippen molar-refractivity contribution < 1.29 is 13.2 Å². The largest absolute Gasteiger partial charge is 0.341 e. The van der Waals surface area contributed by atoms with Gasteiger partial charge in [0.15, 0.2) is 0 Å². The quantitative estimate of drug-likeness (QED) is 0.707. The van der Waals surface area contributed by atoms with Crippen LogP contribution in [0.1, 0.15) is 53.0 Å². The minimum absolute atomic E-state index is 0.0106. The zero-order valence-corrected chi connectivity index (χ0v) is 17.2. The van der Waals surface area contributed by atoms with Gasteiger partial charge in [-0.05, 0) is 36.0 Å². The van der Waals surface area contributed by atoms with Crippen molar-refractivity contribution in [1.29, 1.82) is 0 Å². The van der Waals surface area contributed by atoms with Crippen LogP contribution in [0.15, 0.2) is 24.3 Å². The molecule has 0 spiro atoms. The average molecular weight is 369 g/mol. The van der Waals surface area contributed by atoms with Crippen LogP contribution >= 0.6 is 0 Å². The highest BCUT2D eigenvalue weighted by atomic mass is 32.2. The van der Waals surface area contributed by atoms with Crippen LogP contribution in [-0.2, 0) is 20.2 Å². The molecular formula is C19H32N2O3S. The van der Waals surface area contributed by atoms with Gasteiger partial charge in [-0.15, -0.1) is 0 Å². The smallest absolute Gasteiger partial charge is 0.243 e. The molecule has 0 atom stereocenters. The van der Waals surface area contributed by atoms with Gasteiger partial charge in [-0.25, -0.2) is 8.42 Å². The fraction of sp³-hybridized carbons (Fsp3) is 0.632. The minimum atomic E-state index is -3.54. The maximum atomic E-state index is 12.6. The van der Waals surface area contributed by atoms with E-state index in [0.29, 0.717) is 18.8 Å². The van der Waals surface area contributed by atoms with E-state index >= 15 is 0 Å². The van der Waals surface area contributed by atoms with Crippen molar-refractivity contribution in [2.24, 2.45) is 0 Å². The summed E-state index contributed by atoms with van der Waals surface area (Å²) in [5, 5.41) is 0. The highest BCUT2D eigenvalue weighted by Gasteiger charge is 2.24. The molecule has 0 saturated carbocycles. The molecule has 142 valence electrons. The molecule has 0 bridgehead atoms. The first kappa shape index (κ1) is 21.5. The van der Waals surface area contributed by atoms with E-state index in [1.165, 1.54) is 4.31 Å². The fourth-order valence-electron chi connectivity index (χ4n) is 2.65. The summed E-state index contributed by atoms with van der Waals surface area (Å²) in [7, 11) is -3.54. The number of hydrogen-bond donors (Lipinski definition) is 0. The lowest BCUT2D eigenvalue weighted by Crippen LogP contribution is -2.43. The summed E-state index contributed by atoms with van der Waals surface area (Å²) in [6.07, 6.45) is 2.84. The monoisotopic (exact) mass is 368 g/mol. The predicted molar refractivity (Wildman–Crippen MR) is 104 cm³/mol. The van der Waals surface area contributed by atoms with Crippen molar-refractivity contribution in [3.05, 3.63) is 29.8 Å². The van der Waals surface area contributed by atoms with Gasteiger partial charge in [-0.2, -0.15) is 0 Å². The van der Waals surface area contributed by atoms with Gasteiger partial charge in [0.05, 0.1) is 11.9 Å². The van der Waals surface area contributed by atoms with E-state index in [9.17, 15) is 13.2 Å². The van der Waals surface area contributed by atoms with Gasteiger partial charge in [-0.3, -0.25) is 9.10 Å². The molecule has 1 aromatic rings. The topological polar surface area (TPSA) is 57.7 Å². The summed E-state index contributed by atoms with van der Waals surface area (Å²) >= 11 is 0. The van der Waals surface area contributed by atoms with Gasteiger partial charge in [-0.1, -0.05) is 46.8 Å². The van der Waals surface area contributed by atoms with Gasteiger partial charge >= 0.3 is 0 Å². The number of carbonyl (C=O) groups excluding carboxylic acids is 1. The third-order valence-corrected chi connectivity index (χ3v) is 5.18. The normalized spacial score (nSPS) is 12.1. The second-order valence-electron chi connectivity index (χ2n) is 7.45.